The van der Waals surface area contributed by atoms with Gasteiger partial charge in [-0.25, -0.2) is 4.39 Å². The molecule has 0 aliphatic carbocycles. The second-order valence-electron chi connectivity index (χ2n) is 4.60. The van der Waals surface area contributed by atoms with E-state index in [2.05, 4.69) is 11.8 Å². The van der Waals surface area contributed by atoms with E-state index in [9.17, 15) is 4.39 Å². The second kappa shape index (κ2) is 6.10. The van der Waals surface area contributed by atoms with Crippen molar-refractivity contribution in [1.29, 1.82) is 0 Å². The number of morpholine rings is 1. The van der Waals surface area contributed by atoms with Crippen molar-refractivity contribution in [1.82, 2.24) is 0 Å². The lowest BCUT2D eigenvalue weighted by Gasteiger charge is -2.37. The largest absolute Gasteiger partial charge is 0.491 e. The zero-order chi connectivity index (χ0) is 13.8. The smallest absolute Gasteiger partial charge is 0.167 e. The molecule has 19 heavy (non-hydrogen) atoms. The highest BCUT2D eigenvalue weighted by molar-refractivity contribution is 5.70. The van der Waals surface area contributed by atoms with Crippen LogP contribution in [0.1, 0.15) is 20.3 Å². The maximum absolute atomic E-state index is 13.7. The number of nitrogens with two attached hydrogens (primary N) is 1. The summed E-state index contributed by atoms with van der Waals surface area (Å²) in [7, 11) is 0. The molecule has 1 atom stereocenters. The van der Waals surface area contributed by atoms with Crippen LogP contribution in [-0.4, -0.2) is 32.4 Å². The number of hydrogen-bond donors (Lipinski definition) is 1. The Morgan fingerprint density at radius 3 is 2.95 bits per heavy atom. The highest BCUT2D eigenvalue weighted by Gasteiger charge is 2.24. The summed E-state index contributed by atoms with van der Waals surface area (Å²) in [6, 6.07) is 3.31. The Morgan fingerprint density at radius 2 is 2.26 bits per heavy atom. The van der Waals surface area contributed by atoms with Crippen molar-refractivity contribution in [3.8, 4) is 5.75 Å². The summed E-state index contributed by atoms with van der Waals surface area (Å²) >= 11 is 0. The molecule has 1 aromatic rings. The van der Waals surface area contributed by atoms with Crippen LogP contribution >= 0.6 is 0 Å². The van der Waals surface area contributed by atoms with Crippen LogP contribution in [0.25, 0.3) is 0 Å². The van der Waals surface area contributed by atoms with Gasteiger partial charge in [0, 0.05) is 18.7 Å². The van der Waals surface area contributed by atoms with Gasteiger partial charge in [-0.05, 0) is 13.3 Å². The molecule has 1 heterocycles. The molecule has 5 heteroatoms. The molecule has 0 saturated carbocycles. The molecule has 1 saturated heterocycles. The summed E-state index contributed by atoms with van der Waals surface area (Å²) < 4.78 is 24.5. The van der Waals surface area contributed by atoms with Crippen LogP contribution in [0.2, 0.25) is 0 Å². The first-order chi connectivity index (χ1) is 9.17. The summed E-state index contributed by atoms with van der Waals surface area (Å²) in [4.78, 5) is 2.18. The zero-order valence-electron chi connectivity index (χ0n) is 11.5. The van der Waals surface area contributed by atoms with E-state index in [1.54, 1.807) is 6.07 Å². The van der Waals surface area contributed by atoms with Crippen molar-refractivity contribution in [3.63, 3.8) is 0 Å². The number of halogens is 1. The van der Waals surface area contributed by atoms with Crippen molar-refractivity contribution in [2.24, 2.45) is 0 Å². The summed E-state index contributed by atoms with van der Waals surface area (Å²) in [6.07, 6.45) is 0.959. The molecular formula is C14H21FN2O2. The van der Waals surface area contributed by atoms with E-state index in [4.69, 9.17) is 15.2 Å². The summed E-state index contributed by atoms with van der Waals surface area (Å²) in [5.41, 5.74) is 7.24. The van der Waals surface area contributed by atoms with E-state index < -0.39 is 5.82 Å². The van der Waals surface area contributed by atoms with Crippen LogP contribution in [0.3, 0.4) is 0 Å². The SMILES string of the molecule is CCOc1cc(N2CCOCC2CC)c(N)cc1F. The molecule has 1 aromatic carbocycles. The second-order valence-corrected chi connectivity index (χ2v) is 4.60. The number of hydrogen-bond acceptors (Lipinski definition) is 4. The first-order valence-corrected chi connectivity index (χ1v) is 6.73. The summed E-state index contributed by atoms with van der Waals surface area (Å²) in [5.74, 6) is -0.155. The third kappa shape index (κ3) is 2.92. The average molecular weight is 268 g/mol. The van der Waals surface area contributed by atoms with E-state index in [-0.39, 0.29) is 11.8 Å². The van der Waals surface area contributed by atoms with E-state index in [0.717, 1.165) is 18.7 Å². The topological polar surface area (TPSA) is 47.7 Å². The minimum Gasteiger partial charge on any atom is -0.491 e. The average Bonchev–Trinajstić information content (AvgIpc) is 2.42. The quantitative estimate of drug-likeness (QED) is 0.852. The van der Waals surface area contributed by atoms with Crippen LogP contribution in [0, 0.1) is 5.82 Å². The maximum Gasteiger partial charge on any atom is 0.167 e. The van der Waals surface area contributed by atoms with Crippen molar-refractivity contribution in [2.75, 3.05) is 37.0 Å². The van der Waals surface area contributed by atoms with Crippen molar-refractivity contribution in [2.45, 2.75) is 26.3 Å². The number of nitrogen functional groups attached to an aromatic ring is 1. The maximum atomic E-state index is 13.7. The van der Waals surface area contributed by atoms with Gasteiger partial charge in [0.05, 0.1) is 37.2 Å². The fourth-order valence-corrected chi connectivity index (χ4v) is 2.38. The normalized spacial score (nSPS) is 19.5. The Balaban J connectivity index is 2.34. The third-order valence-corrected chi connectivity index (χ3v) is 3.39. The van der Waals surface area contributed by atoms with Gasteiger partial charge < -0.3 is 20.1 Å². The molecule has 0 amide bonds. The highest BCUT2D eigenvalue weighted by Crippen LogP contribution is 2.33. The van der Waals surface area contributed by atoms with Crippen LogP contribution in [0.15, 0.2) is 12.1 Å². The highest BCUT2D eigenvalue weighted by atomic mass is 19.1. The monoisotopic (exact) mass is 268 g/mol. The first kappa shape index (κ1) is 13.9. The van der Waals surface area contributed by atoms with Crippen LogP contribution in [0.4, 0.5) is 15.8 Å². The number of ether oxygens (including phenoxy) is 2. The fraction of sp³-hybridized carbons (Fsp3) is 0.571. The van der Waals surface area contributed by atoms with Crippen LogP contribution in [-0.2, 0) is 4.74 Å². The Hall–Kier alpha value is -1.49. The van der Waals surface area contributed by atoms with Gasteiger partial charge in [0.2, 0.25) is 0 Å². The predicted octanol–water partition coefficient (Wildman–Crippen LogP) is 2.42. The van der Waals surface area contributed by atoms with Gasteiger partial charge >= 0.3 is 0 Å². The van der Waals surface area contributed by atoms with Crippen molar-refractivity contribution >= 4 is 11.4 Å². The molecule has 4 nitrogen and oxygen atoms in total. The minimum atomic E-state index is -0.413. The van der Waals surface area contributed by atoms with Gasteiger partial charge in [0.15, 0.2) is 11.6 Å². The molecular weight excluding hydrogens is 247 g/mol. The summed E-state index contributed by atoms with van der Waals surface area (Å²) in [5, 5.41) is 0. The van der Waals surface area contributed by atoms with Gasteiger partial charge in [0.1, 0.15) is 0 Å². The minimum absolute atomic E-state index is 0.257. The lowest BCUT2D eigenvalue weighted by molar-refractivity contribution is 0.0930. The Kier molecular flexibility index (Phi) is 4.47. The van der Waals surface area contributed by atoms with E-state index >= 15 is 0 Å². The summed E-state index contributed by atoms with van der Waals surface area (Å²) in [6.45, 7) is 6.48. The third-order valence-electron chi connectivity index (χ3n) is 3.39. The predicted molar refractivity (Wildman–Crippen MR) is 74.2 cm³/mol. The molecule has 106 valence electrons. The van der Waals surface area contributed by atoms with Crippen LogP contribution in [0.5, 0.6) is 5.75 Å². The fourth-order valence-electron chi connectivity index (χ4n) is 2.38. The van der Waals surface area contributed by atoms with Gasteiger partial charge in [-0.3, -0.25) is 0 Å². The van der Waals surface area contributed by atoms with Crippen LogP contribution < -0.4 is 15.4 Å². The standard InChI is InChI=1S/C14H21FN2O2/c1-3-10-9-18-6-5-17(10)13-8-14(19-4-2)11(15)7-12(13)16/h7-8,10H,3-6,9,16H2,1-2H3. The molecule has 1 unspecified atom stereocenters. The van der Waals surface area contributed by atoms with E-state index in [1.807, 2.05) is 6.92 Å². The Labute approximate surface area is 113 Å². The molecule has 0 spiro atoms. The lowest BCUT2D eigenvalue weighted by atomic mass is 10.1. The molecule has 0 radical (unpaired) electrons. The van der Waals surface area contributed by atoms with Crippen molar-refractivity contribution in [3.05, 3.63) is 17.9 Å². The molecule has 0 aromatic heterocycles. The number of benzene rings is 1. The van der Waals surface area contributed by atoms with E-state index in [1.165, 1.54) is 6.07 Å². The van der Waals surface area contributed by atoms with E-state index in [0.29, 0.717) is 25.5 Å². The molecule has 1 fully saturated rings. The molecule has 0 bridgehead atoms. The Morgan fingerprint density at radius 1 is 1.47 bits per heavy atom. The first-order valence-electron chi connectivity index (χ1n) is 6.73. The number of nitrogens with zero attached hydrogens (tertiary/aromatic N) is 1. The molecule has 2 N–H and O–H groups in total. The number of anilines is 2. The number of rotatable bonds is 4. The lowest BCUT2D eigenvalue weighted by Crippen LogP contribution is -2.45. The van der Waals surface area contributed by atoms with Gasteiger partial charge in [-0.2, -0.15) is 0 Å². The Bertz CT molecular complexity index is 440. The van der Waals surface area contributed by atoms with Gasteiger partial charge in [-0.15, -0.1) is 0 Å². The van der Waals surface area contributed by atoms with Gasteiger partial charge in [-0.1, -0.05) is 6.92 Å². The zero-order valence-corrected chi connectivity index (χ0v) is 11.5. The van der Waals surface area contributed by atoms with Crippen molar-refractivity contribution < 1.29 is 13.9 Å². The molecule has 1 aliphatic rings. The molecule has 2 rings (SSSR count). The molecule has 1 aliphatic heterocycles. The van der Waals surface area contributed by atoms with Gasteiger partial charge in [0.25, 0.3) is 0 Å².